The summed E-state index contributed by atoms with van der Waals surface area (Å²) in [7, 11) is 0. The van der Waals surface area contributed by atoms with E-state index in [2.05, 4.69) is 12.2 Å². The van der Waals surface area contributed by atoms with Crippen molar-refractivity contribution >= 4 is 45.8 Å². The maximum atomic E-state index is 13.6. The number of rotatable bonds is 9. The van der Waals surface area contributed by atoms with E-state index in [1.54, 1.807) is 19.1 Å². The molecular weight excluding hydrogens is 450 g/mol. The van der Waals surface area contributed by atoms with Gasteiger partial charge in [0.25, 0.3) is 5.91 Å². The highest BCUT2D eigenvalue weighted by atomic mass is 35.5. The maximum Gasteiger partial charge on any atom is 0.259 e. The lowest BCUT2D eigenvalue weighted by atomic mass is 10.1. The van der Waals surface area contributed by atoms with E-state index < -0.39 is 6.04 Å². The Kier molecular flexibility index (Phi) is 7.17. The predicted molar refractivity (Wildman–Crippen MR) is 135 cm³/mol. The molecular formula is C27H28ClN3O3. The lowest BCUT2D eigenvalue weighted by Crippen LogP contribution is -2.51. The molecule has 34 heavy (non-hydrogen) atoms. The third kappa shape index (κ3) is 4.64. The molecule has 1 aliphatic heterocycles. The van der Waals surface area contributed by atoms with Crippen LogP contribution >= 0.6 is 11.6 Å². The van der Waals surface area contributed by atoms with Crippen LogP contribution in [0.1, 0.15) is 42.6 Å². The molecule has 0 radical (unpaired) electrons. The fourth-order valence-corrected chi connectivity index (χ4v) is 4.49. The Bertz CT molecular complexity index is 1240. The van der Waals surface area contributed by atoms with Crippen LogP contribution in [0.4, 0.5) is 5.69 Å². The summed E-state index contributed by atoms with van der Waals surface area (Å²) in [6.07, 6.45) is 1.82. The number of halogens is 1. The average molecular weight is 478 g/mol. The van der Waals surface area contributed by atoms with Gasteiger partial charge in [-0.2, -0.15) is 0 Å². The largest absolute Gasteiger partial charge is 0.354 e. The Morgan fingerprint density at radius 1 is 1.06 bits per heavy atom. The molecule has 3 aromatic rings. The van der Waals surface area contributed by atoms with E-state index in [0.29, 0.717) is 22.8 Å². The molecule has 1 heterocycles. The van der Waals surface area contributed by atoms with Crippen molar-refractivity contribution in [1.29, 1.82) is 0 Å². The molecule has 0 aromatic heterocycles. The van der Waals surface area contributed by atoms with E-state index in [0.717, 1.165) is 29.2 Å². The van der Waals surface area contributed by atoms with Crippen LogP contribution in [0.5, 0.6) is 0 Å². The van der Waals surface area contributed by atoms with Gasteiger partial charge in [-0.25, -0.2) is 0 Å². The molecule has 176 valence electrons. The van der Waals surface area contributed by atoms with Gasteiger partial charge >= 0.3 is 0 Å². The van der Waals surface area contributed by atoms with Crippen molar-refractivity contribution in [3.05, 3.63) is 76.8 Å². The molecule has 0 aliphatic carbocycles. The van der Waals surface area contributed by atoms with Gasteiger partial charge in [-0.1, -0.05) is 67.4 Å². The number of anilines is 1. The second-order valence-electron chi connectivity index (χ2n) is 8.51. The average Bonchev–Trinajstić information content (AvgIpc) is 3.11. The van der Waals surface area contributed by atoms with Crippen molar-refractivity contribution in [2.75, 3.05) is 18.0 Å². The van der Waals surface area contributed by atoms with Crippen LogP contribution in [0.15, 0.2) is 60.7 Å². The molecule has 4 rings (SSSR count). The van der Waals surface area contributed by atoms with Crippen LogP contribution in [-0.2, 0) is 16.1 Å². The number of unbranched alkanes of at least 4 members (excludes halogenated alkanes) is 1. The zero-order valence-electron chi connectivity index (χ0n) is 19.4. The molecule has 0 fully saturated rings. The van der Waals surface area contributed by atoms with Crippen molar-refractivity contribution in [1.82, 2.24) is 10.2 Å². The maximum absolute atomic E-state index is 13.6. The molecule has 0 spiro atoms. The van der Waals surface area contributed by atoms with Gasteiger partial charge in [0.1, 0.15) is 12.6 Å². The Labute approximate surface area is 204 Å². The van der Waals surface area contributed by atoms with Crippen LogP contribution < -0.4 is 10.2 Å². The van der Waals surface area contributed by atoms with E-state index in [4.69, 9.17) is 11.6 Å². The van der Waals surface area contributed by atoms with Gasteiger partial charge in [0.2, 0.25) is 11.8 Å². The SMILES string of the molecule is CCCCNC(=O)[C@@H](C)N(Cc1ccccc1Cl)C(=O)CN1C(=O)c2cccc3cccc1c23. The second kappa shape index (κ2) is 10.3. The molecule has 1 atom stereocenters. The molecule has 0 saturated heterocycles. The lowest BCUT2D eigenvalue weighted by Gasteiger charge is -2.31. The molecule has 1 N–H and O–H groups in total. The van der Waals surface area contributed by atoms with E-state index in [1.807, 2.05) is 48.5 Å². The molecule has 3 aromatic carbocycles. The van der Waals surface area contributed by atoms with Gasteiger partial charge in [0, 0.05) is 29.1 Å². The number of carbonyl (C=O) groups excluding carboxylic acids is 3. The summed E-state index contributed by atoms with van der Waals surface area (Å²) in [5, 5.41) is 5.23. The van der Waals surface area contributed by atoms with Crippen molar-refractivity contribution in [2.45, 2.75) is 39.3 Å². The topological polar surface area (TPSA) is 69.7 Å². The van der Waals surface area contributed by atoms with E-state index in [9.17, 15) is 14.4 Å². The summed E-state index contributed by atoms with van der Waals surface area (Å²) in [6, 6.07) is 17.8. The molecule has 0 saturated carbocycles. The molecule has 3 amide bonds. The van der Waals surface area contributed by atoms with Crippen LogP contribution in [0, 0.1) is 0 Å². The molecule has 7 heteroatoms. The van der Waals surface area contributed by atoms with Crippen molar-refractivity contribution in [3.63, 3.8) is 0 Å². The minimum Gasteiger partial charge on any atom is -0.354 e. The van der Waals surface area contributed by atoms with Gasteiger partial charge in [0.05, 0.1) is 5.69 Å². The summed E-state index contributed by atoms with van der Waals surface area (Å²) in [4.78, 5) is 42.7. The zero-order valence-corrected chi connectivity index (χ0v) is 20.1. The Morgan fingerprint density at radius 2 is 1.79 bits per heavy atom. The number of nitrogens with zero attached hydrogens (tertiary/aromatic N) is 2. The highest BCUT2D eigenvalue weighted by Gasteiger charge is 2.34. The fourth-order valence-electron chi connectivity index (χ4n) is 4.29. The Hall–Kier alpha value is -3.38. The molecule has 6 nitrogen and oxygen atoms in total. The second-order valence-corrected chi connectivity index (χ2v) is 8.91. The van der Waals surface area contributed by atoms with Gasteiger partial charge in [-0.3, -0.25) is 19.3 Å². The highest BCUT2D eigenvalue weighted by Crippen LogP contribution is 2.37. The van der Waals surface area contributed by atoms with Gasteiger partial charge in [0.15, 0.2) is 0 Å². The first-order valence-electron chi connectivity index (χ1n) is 11.6. The van der Waals surface area contributed by atoms with Crippen LogP contribution in [0.3, 0.4) is 0 Å². The first-order chi connectivity index (χ1) is 16.4. The number of nitrogens with one attached hydrogen (secondary N) is 1. The smallest absolute Gasteiger partial charge is 0.259 e. The van der Waals surface area contributed by atoms with E-state index >= 15 is 0 Å². The van der Waals surface area contributed by atoms with E-state index in [-0.39, 0.29) is 30.8 Å². The predicted octanol–water partition coefficient (Wildman–Crippen LogP) is 4.79. The quantitative estimate of drug-likeness (QED) is 0.450. The van der Waals surface area contributed by atoms with Crippen molar-refractivity contribution < 1.29 is 14.4 Å². The number of hydrogen-bond acceptors (Lipinski definition) is 3. The number of benzene rings is 3. The zero-order chi connectivity index (χ0) is 24.2. The van der Waals surface area contributed by atoms with Crippen LogP contribution in [-0.4, -0.2) is 41.8 Å². The molecule has 0 unspecified atom stereocenters. The van der Waals surface area contributed by atoms with Crippen molar-refractivity contribution in [2.24, 2.45) is 0 Å². The minimum atomic E-state index is -0.725. The van der Waals surface area contributed by atoms with Crippen molar-refractivity contribution in [3.8, 4) is 0 Å². The van der Waals surface area contributed by atoms with Crippen LogP contribution in [0.2, 0.25) is 5.02 Å². The summed E-state index contributed by atoms with van der Waals surface area (Å²) in [5.41, 5.74) is 2.04. The van der Waals surface area contributed by atoms with E-state index in [1.165, 1.54) is 9.80 Å². The minimum absolute atomic E-state index is 0.163. The molecule has 0 bridgehead atoms. The summed E-state index contributed by atoms with van der Waals surface area (Å²) in [5.74, 6) is -0.763. The Balaban J connectivity index is 1.60. The van der Waals surface area contributed by atoms with Gasteiger partial charge in [-0.15, -0.1) is 0 Å². The summed E-state index contributed by atoms with van der Waals surface area (Å²) < 4.78 is 0. The van der Waals surface area contributed by atoms with Gasteiger partial charge < -0.3 is 10.2 Å². The van der Waals surface area contributed by atoms with Gasteiger partial charge in [-0.05, 0) is 42.5 Å². The van der Waals surface area contributed by atoms with Crippen LogP contribution in [0.25, 0.3) is 10.8 Å². The highest BCUT2D eigenvalue weighted by molar-refractivity contribution is 6.31. The Morgan fingerprint density at radius 3 is 2.53 bits per heavy atom. The first-order valence-corrected chi connectivity index (χ1v) is 11.9. The normalized spacial score (nSPS) is 13.3. The summed E-state index contributed by atoms with van der Waals surface area (Å²) >= 11 is 6.36. The third-order valence-electron chi connectivity index (χ3n) is 6.24. The fraction of sp³-hybridized carbons (Fsp3) is 0.296. The molecule has 1 aliphatic rings. The lowest BCUT2D eigenvalue weighted by molar-refractivity contribution is -0.139. The monoisotopic (exact) mass is 477 g/mol. The number of carbonyl (C=O) groups is 3. The first kappa shape index (κ1) is 23.8. The number of amides is 3. The summed E-state index contributed by atoms with van der Waals surface area (Å²) in [6.45, 7) is 4.31. The number of hydrogen-bond donors (Lipinski definition) is 1. The standard InChI is InChI=1S/C27H28ClN3O3/c1-3-4-15-29-26(33)18(2)30(16-20-9-5-6-13-22(20)28)24(32)17-31-23-14-8-11-19-10-7-12-21(25(19)23)27(31)34/h5-14,18H,3-4,15-17H2,1-2H3,(H,29,33)/t18-/m1/s1. The third-order valence-corrected chi connectivity index (χ3v) is 6.61.